The highest BCUT2D eigenvalue weighted by Gasteiger charge is 2.04. The molecular formula is C17H15BrN2. The summed E-state index contributed by atoms with van der Waals surface area (Å²) in [4.78, 5) is 0. The zero-order valence-electron chi connectivity index (χ0n) is 11.2. The monoisotopic (exact) mass is 326 g/mol. The van der Waals surface area contributed by atoms with Gasteiger partial charge in [0.2, 0.25) is 0 Å². The average Bonchev–Trinajstić information content (AvgIpc) is 2.46. The number of nitrogens with two attached hydrogens (primary N) is 1. The fraction of sp³-hybridized carbons (Fsp3) is 0.0588. The number of halogens is 1. The van der Waals surface area contributed by atoms with E-state index in [-0.39, 0.29) is 0 Å². The average molecular weight is 327 g/mol. The van der Waals surface area contributed by atoms with Crippen molar-refractivity contribution in [2.45, 2.75) is 6.92 Å². The van der Waals surface area contributed by atoms with Crippen molar-refractivity contribution >= 4 is 43.8 Å². The Balaban J connectivity index is 2.06. The zero-order chi connectivity index (χ0) is 14.1. The van der Waals surface area contributed by atoms with Gasteiger partial charge in [-0.05, 0) is 48.2 Å². The number of hydrogen-bond donors (Lipinski definition) is 2. The van der Waals surface area contributed by atoms with Crippen molar-refractivity contribution in [3.8, 4) is 0 Å². The molecule has 3 rings (SSSR count). The second-order valence-corrected chi connectivity index (χ2v) is 5.69. The van der Waals surface area contributed by atoms with Crippen molar-refractivity contribution in [1.29, 1.82) is 0 Å². The number of rotatable bonds is 2. The van der Waals surface area contributed by atoms with Gasteiger partial charge in [-0.1, -0.05) is 40.2 Å². The molecule has 100 valence electrons. The van der Waals surface area contributed by atoms with Crippen LogP contribution in [0, 0.1) is 6.92 Å². The Hall–Kier alpha value is -2.00. The smallest absolute Gasteiger partial charge is 0.0464 e. The lowest BCUT2D eigenvalue weighted by atomic mass is 10.1. The molecule has 0 aliphatic rings. The minimum absolute atomic E-state index is 0.816. The molecule has 3 heteroatoms. The van der Waals surface area contributed by atoms with Crippen LogP contribution in [0.5, 0.6) is 0 Å². The Kier molecular flexibility index (Phi) is 3.36. The van der Waals surface area contributed by atoms with Gasteiger partial charge in [0.1, 0.15) is 0 Å². The molecule has 0 aliphatic carbocycles. The Morgan fingerprint density at radius 3 is 2.45 bits per heavy atom. The van der Waals surface area contributed by atoms with Gasteiger partial charge in [0.25, 0.3) is 0 Å². The summed E-state index contributed by atoms with van der Waals surface area (Å²) < 4.78 is 1.10. The Morgan fingerprint density at radius 1 is 0.950 bits per heavy atom. The van der Waals surface area contributed by atoms with Crippen LogP contribution in [0.1, 0.15) is 5.56 Å². The summed E-state index contributed by atoms with van der Waals surface area (Å²) in [6.07, 6.45) is 0. The summed E-state index contributed by atoms with van der Waals surface area (Å²) >= 11 is 3.59. The van der Waals surface area contributed by atoms with E-state index in [0.717, 1.165) is 27.1 Å². The van der Waals surface area contributed by atoms with Crippen LogP contribution in [0.2, 0.25) is 0 Å². The lowest BCUT2D eigenvalue weighted by Crippen LogP contribution is -1.95. The van der Waals surface area contributed by atoms with E-state index in [1.54, 1.807) is 0 Å². The van der Waals surface area contributed by atoms with Crippen LogP contribution < -0.4 is 11.1 Å². The summed E-state index contributed by atoms with van der Waals surface area (Å²) in [6.45, 7) is 2.01. The van der Waals surface area contributed by atoms with Gasteiger partial charge < -0.3 is 11.1 Å². The maximum Gasteiger partial charge on any atom is 0.0464 e. The number of nitrogen functional groups attached to an aromatic ring is 1. The Morgan fingerprint density at radius 2 is 1.70 bits per heavy atom. The second kappa shape index (κ2) is 5.17. The van der Waals surface area contributed by atoms with Crippen molar-refractivity contribution in [2.24, 2.45) is 0 Å². The van der Waals surface area contributed by atoms with Gasteiger partial charge in [0.15, 0.2) is 0 Å². The van der Waals surface area contributed by atoms with Gasteiger partial charge >= 0.3 is 0 Å². The van der Waals surface area contributed by atoms with Crippen LogP contribution >= 0.6 is 15.9 Å². The summed E-state index contributed by atoms with van der Waals surface area (Å²) in [6, 6.07) is 18.5. The zero-order valence-corrected chi connectivity index (χ0v) is 12.7. The SMILES string of the molecule is Cc1cc(Nc2ccc(Br)c3ccccc23)ccc1N. The molecular weight excluding hydrogens is 312 g/mol. The molecule has 0 heterocycles. The molecule has 20 heavy (non-hydrogen) atoms. The predicted octanol–water partition coefficient (Wildman–Crippen LogP) is 5.24. The molecule has 3 aromatic carbocycles. The van der Waals surface area contributed by atoms with E-state index in [2.05, 4.69) is 51.6 Å². The second-order valence-electron chi connectivity index (χ2n) is 4.84. The van der Waals surface area contributed by atoms with E-state index >= 15 is 0 Å². The number of aryl methyl sites for hydroxylation is 1. The fourth-order valence-electron chi connectivity index (χ4n) is 2.28. The molecule has 0 aliphatic heterocycles. The molecule has 3 aromatic rings. The predicted molar refractivity (Wildman–Crippen MR) is 90.5 cm³/mol. The maximum absolute atomic E-state index is 5.86. The quantitative estimate of drug-likeness (QED) is 0.632. The molecule has 0 atom stereocenters. The molecule has 0 aromatic heterocycles. The van der Waals surface area contributed by atoms with Gasteiger partial charge in [-0.25, -0.2) is 0 Å². The first kappa shape index (κ1) is 13.0. The molecule has 0 unspecified atom stereocenters. The summed E-state index contributed by atoms with van der Waals surface area (Å²) in [5, 5.41) is 5.86. The van der Waals surface area contributed by atoms with Gasteiger partial charge in [0.05, 0.1) is 0 Å². The molecule has 3 N–H and O–H groups in total. The van der Waals surface area contributed by atoms with Crippen LogP contribution in [-0.4, -0.2) is 0 Å². The lowest BCUT2D eigenvalue weighted by molar-refractivity contribution is 1.45. The van der Waals surface area contributed by atoms with Crippen LogP contribution in [-0.2, 0) is 0 Å². The number of benzene rings is 3. The molecule has 0 fully saturated rings. The van der Waals surface area contributed by atoms with Crippen molar-refractivity contribution in [2.75, 3.05) is 11.1 Å². The summed E-state index contributed by atoms with van der Waals surface area (Å²) in [5.41, 5.74) is 9.89. The minimum Gasteiger partial charge on any atom is -0.399 e. The molecule has 0 bridgehead atoms. The van der Waals surface area contributed by atoms with E-state index in [1.165, 1.54) is 10.8 Å². The topological polar surface area (TPSA) is 38.0 Å². The molecule has 0 amide bonds. The van der Waals surface area contributed by atoms with Crippen LogP contribution in [0.15, 0.2) is 59.1 Å². The first-order valence-electron chi connectivity index (χ1n) is 6.45. The number of anilines is 3. The number of hydrogen-bond acceptors (Lipinski definition) is 2. The van der Waals surface area contributed by atoms with Crippen LogP contribution in [0.4, 0.5) is 17.1 Å². The van der Waals surface area contributed by atoms with Crippen molar-refractivity contribution in [3.63, 3.8) is 0 Å². The first-order chi connectivity index (χ1) is 9.65. The third kappa shape index (κ3) is 2.37. The first-order valence-corrected chi connectivity index (χ1v) is 7.25. The Bertz CT molecular complexity index is 781. The lowest BCUT2D eigenvalue weighted by Gasteiger charge is -2.12. The van der Waals surface area contributed by atoms with Crippen LogP contribution in [0.3, 0.4) is 0 Å². The van der Waals surface area contributed by atoms with Gasteiger partial charge in [-0.2, -0.15) is 0 Å². The van der Waals surface area contributed by atoms with E-state index in [0.29, 0.717) is 0 Å². The largest absolute Gasteiger partial charge is 0.399 e. The van der Waals surface area contributed by atoms with E-state index in [1.807, 2.05) is 31.2 Å². The Labute approximate surface area is 126 Å². The minimum atomic E-state index is 0.816. The van der Waals surface area contributed by atoms with Gasteiger partial charge in [-0.3, -0.25) is 0 Å². The normalized spacial score (nSPS) is 10.7. The van der Waals surface area contributed by atoms with Crippen LogP contribution in [0.25, 0.3) is 10.8 Å². The van der Waals surface area contributed by atoms with Gasteiger partial charge in [0, 0.05) is 26.9 Å². The third-order valence-electron chi connectivity index (χ3n) is 3.42. The van der Waals surface area contributed by atoms with Crippen molar-refractivity contribution in [3.05, 3.63) is 64.6 Å². The highest BCUT2D eigenvalue weighted by molar-refractivity contribution is 9.10. The fourth-order valence-corrected chi connectivity index (χ4v) is 2.76. The van der Waals surface area contributed by atoms with Crippen molar-refractivity contribution < 1.29 is 0 Å². The third-order valence-corrected chi connectivity index (χ3v) is 4.11. The molecule has 2 nitrogen and oxygen atoms in total. The number of nitrogens with one attached hydrogen (secondary N) is 1. The van der Waals surface area contributed by atoms with E-state index < -0.39 is 0 Å². The summed E-state index contributed by atoms with van der Waals surface area (Å²) in [7, 11) is 0. The highest BCUT2D eigenvalue weighted by Crippen LogP contribution is 2.32. The molecule has 0 saturated heterocycles. The number of fused-ring (bicyclic) bond motifs is 1. The molecule has 0 radical (unpaired) electrons. The maximum atomic E-state index is 5.86. The van der Waals surface area contributed by atoms with E-state index in [9.17, 15) is 0 Å². The summed E-state index contributed by atoms with van der Waals surface area (Å²) in [5.74, 6) is 0. The van der Waals surface area contributed by atoms with Crippen molar-refractivity contribution in [1.82, 2.24) is 0 Å². The highest BCUT2D eigenvalue weighted by atomic mass is 79.9. The van der Waals surface area contributed by atoms with E-state index in [4.69, 9.17) is 5.73 Å². The standard InChI is InChI=1S/C17H15BrN2/c1-11-10-12(6-8-16(11)19)20-17-9-7-15(18)13-4-2-3-5-14(13)17/h2-10,20H,19H2,1H3. The van der Waals surface area contributed by atoms with Gasteiger partial charge in [-0.15, -0.1) is 0 Å². The molecule has 0 saturated carbocycles. The molecule has 0 spiro atoms.